The molecule has 0 aromatic heterocycles. The van der Waals surface area contributed by atoms with E-state index < -0.39 is 42.0 Å². The minimum Gasteiger partial charge on any atom is -0.481 e. The molecule has 2 rings (SSSR count). The Labute approximate surface area is 128 Å². The Balaban J connectivity index is 2.01. The van der Waals surface area contributed by atoms with Crippen molar-refractivity contribution in [2.45, 2.75) is 19.1 Å². The van der Waals surface area contributed by atoms with Crippen LogP contribution in [0, 0.1) is 11.7 Å². The number of carbonyl (C=O) groups is 2. The van der Waals surface area contributed by atoms with Crippen molar-refractivity contribution in [3.8, 4) is 0 Å². The van der Waals surface area contributed by atoms with Crippen molar-refractivity contribution in [2.24, 2.45) is 5.92 Å². The molecule has 0 saturated carbocycles. The molecule has 1 aliphatic rings. The molecule has 1 heterocycles. The standard InChI is InChI=1S/C14H14F4N2O3/c15-10-2-1-8(11(5-10)14(16,17)18)6-19-13(23)20-4-3-9(7-20)12(21)22/h1-2,5,9H,3-4,6-7H2,(H,19,23)(H,21,22). The largest absolute Gasteiger partial charge is 0.481 e. The third kappa shape index (κ3) is 4.11. The normalized spacial score (nSPS) is 18.1. The van der Waals surface area contributed by atoms with E-state index in [1.54, 1.807) is 0 Å². The second-order valence-electron chi connectivity index (χ2n) is 5.23. The van der Waals surface area contributed by atoms with Gasteiger partial charge in [0.15, 0.2) is 0 Å². The lowest BCUT2D eigenvalue weighted by Gasteiger charge is -2.18. The number of carboxylic acids is 1. The van der Waals surface area contributed by atoms with Gasteiger partial charge >= 0.3 is 18.2 Å². The molecular weight excluding hydrogens is 320 g/mol. The van der Waals surface area contributed by atoms with E-state index in [0.29, 0.717) is 12.5 Å². The predicted molar refractivity (Wildman–Crippen MR) is 71.0 cm³/mol. The SMILES string of the molecule is O=C(O)C1CCN(C(=O)NCc2ccc(F)cc2C(F)(F)F)C1. The summed E-state index contributed by atoms with van der Waals surface area (Å²) in [6.07, 6.45) is -4.43. The zero-order chi connectivity index (χ0) is 17.2. The number of urea groups is 1. The molecule has 0 spiro atoms. The second kappa shape index (κ2) is 6.43. The van der Waals surface area contributed by atoms with Gasteiger partial charge in [0.1, 0.15) is 5.82 Å². The number of hydrogen-bond acceptors (Lipinski definition) is 2. The van der Waals surface area contributed by atoms with Crippen molar-refractivity contribution in [3.63, 3.8) is 0 Å². The summed E-state index contributed by atoms with van der Waals surface area (Å²) in [5.74, 6) is -2.70. The molecule has 0 radical (unpaired) electrons. The zero-order valence-electron chi connectivity index (χ0n) is 11.9. The average molecular weight is 334 g/mol. The number of benzene rings is 1. The Kier molecular flexibility index (Phi) is 4.76. The van der Waals surface area contributed by atoms with Crippen LogP contribution in [0.25, 0.3) is 0 Å². The quantitative estimate of drug-likeness (QED) is 0.835. The Bertz CT molecular complexity index is 619. The zero-order valence-corrected chi connectivity index (χ0v) is 11.9. The van der Waals surface area contributed by atoms with E-state index in [4.69, 9.17) is 5.11 Å². The summed E-state index contributed by atoms with van der Waals surface area (Å²) >= 11 is 0. The van der Waals surface area contributed by atoms with Crippen LogP contribution in [0.15, 0.2) is 18.2 Å². The molecule has 9 heteroatoms. The number of halogens is 4. The van der Waals surface area contributed by atoms with Crippen molar-refractivity contribution >= 4 is 12.0 Å². The number of alkyl halides is 3. The van der Waals surface area contributed by atoms with Crippen molar-refractivity contribution in [3.05, 3.63) is 35.1 Å². The van der Waals surface area contributed by atoms with E-state index in [0.717, 1.165) is 12.1 Å². The molecule has 0 bridgehead atoms. The molecule has 1 unspecified atom stereocenters. The lowest BCUT2D eigenvalue weighted by atomic mass is 10.1. The van der Waals surface area contributed by atoms with Gasteiger partial charge in [-0.15, -0.1) is 0 Å². The van der Waals surface area contributed by atoms with Gasteiger partial charge < -0.3 is 15.3 Å². The summed E-state index contributed by atoms with van der Waals surface area (Å²) in [7, 11) is 0. The molecule has 1 atom stereocenters. The lowest BCUT2D eigenvalue weighted by Crippen LogP contribution is -2.38. The van der Waals surface area contributed by atoms with Crippen molar-refractivity contribution in [1.82, 2.24) is 10.2 Å². The minimum absolute atomic E-state index is 0.0106. The molecule has 1 aromatic carbocycles. The Morgan fingerprint density at radius 2 is 2.04 bits per heavy atom. The number of likely N-dealkylation sites (tertiary alicyclic amines) is 1. The summed E-state index contributed by atoms with van der Waals surface area (Å²) in [6.45, 7) is -0.197. The number of carbonyl (C=O) groups excluding carboxylic acids is 1. The van der Waals surface area contributed by atoms with Crippen molar-refractivity contribution in [2.75, 3.05) is 13.1 Å². The Morgan fingerprint density at radius 1 is 1.35 bits per heavy atom. The minimum atomic E-state index is -4.73. The number of nitrogens with one attached hydrogen (secondary N) is 1. The van der Waals surface area contributed by atoms with Crippen molar-refractivity contribution in [1.29, 1.82) is 0 Å². The molecule has 1 aromatic rings. The number of rotatable bonds is 3. The Hall–Kier alpha value is -2.32. The summed E-state index contributed by atoms with van der Waals surface area (Å²) < 4.78 is 51.5. The molecule has 23 heavy (non-hydrogen) atoms. The van der Waals surface area contributed by atoms with Gasteiger partial charge in [-0.25, -0.2) is 9.18 Å². The van der Waals surface area contributed by atoms with Gasteiger partial charge in [0.2, 0.25) is 0 Å². The molecule has 1 fully saturated rings. The third-order valence-corrected chi connectivity index (χ3v) is 3.63. The summed E-state index contributed by atoms with van der Waals surface area (Å²) in [5, 5.41) is 11.2. The maximum atomic E-state index is 13.0. The van der Waals surface area contributed by atoms with Gasteiger partial charge in [0, 0.05) is 19.6 Å². The number of carboxylic acid groups (broad SMARTS) is 1. The average Bonchev–Trinajstić information content (AvgIpc) is 2.94. The molecule has 1 saturated heterocycles. The van der Waals surface area contributed by atoms with Crippen molar-refractivity contribution < 1.29 is 32.3 Å². The van der Waals surface area contributed by atoms with Crippen LogP contribution in [0.5, 0.6) is 0 Å². The van der Waals surface area contributed by atoms with Crippen LogP contribution < -0.4 is 5.32 Å². The number of nitrogens with zero attached hydrogens (tertiary/aromatic N) is 1. The van der Waals surface area contributed by atoms with Gasteiger partial charge in [0.05, 0.1) is 11.5 Å². The molecule has 2 amide bonds. The number of amides is 2. The fourth-order valence-electron chi connectivity index (χ4n) is 2.40. The van der Waals surface area contributed by atoms with E-state index in [2.05, 4.69) is 5.32 Å². The fraction of sp³-hybridized carbons (Fsp3) is 0.429. The molecule has 2 N–H and O–H groups in total. The summed E-state index contributed by atoms with van der Waals surface area (Å²) in [6, 6.07) is 1.57. The van der Waals surface area contributed by atoms with Crippen LogP contribution in [-0.4, -0.2) is 35.1 Å². The summed E-state index contributed by atoms with van der Waals surface area (Å²) in [5.41, 5.74) is -1.41. The maximum absolute atomic E-state index is 13.0. The Morgan fingerprint density at radius 3 is 2.61 bits per heavy atom. The predicted octanol–water partition coefficient (Wildman–Crippen LogP) is 2.46. The van der Waals surface area contributed by atoms with E-state index >= 15 is 0 Å². The molecule has 126 valence electrons. The van der Waals surface area contributed by atoms with Crippen LogP contribution >= 0.6 is 0 Å². The monoisotopic (exact) mass is 334 g/mol. The van der Waals surface area contributed by atoms with Gasteiger partial charge in [0.25, 0.3) is 0 Å². The highest BCUT2D eigenvalue weighted by molar-refractivity contribution is 5.77. The highest BCUT2D eigenvalue weighted by Crippen LogP contribution is 2.32. The van der Waals surface area contributed by atoms with E-state index in [1.165, 1.54) is 4.90 Å². The van der Waals surface area contributed by atoms with Gasteiger partial charge in [-0.05, 0) is 24.1 Å². The first-order valence-electron chi connectivity index (χ1n) is 6.79. The van der Waals surface area contributed by atoms with E-state index in [1.807, 2.05) is 0 Å². The topological polar surface area (TPSA) is 69.6 Å². The van der Waals surface area contributed by atoms with Gasteiger partial charge in [-0.1, -0.05) is 6.07 Å². The number of aliphatic carboxylic acids is 1. The smallest absolute Gasteiger partial charge is 0.416 e. The molecule has 5 nitrogen and oxygen atoms in total. The maximum Gasteiger partial charge on any atom is 0.416 e. The molecule has 1 aliphatic heterocycles. The second-order valence-corrected chi connectivity index (χ2v) is 5.23. The highest BCUT2D eigenvalue weighted by atomic mass is 19.4. The van der Waals surface area contributed by atoms with E-state index in [-0.39, 0.29) is 18.7 Å². The summed E-state index contributed by atoms with van der Waals surface area (Å²) in [4.78, 5) is 23.9. The van der Waals surface area contributed by atoms with Crippen LogP contribution in [-0.2, 0) is 17.5 Å². The lowest BCUT2D eigenvalue weighted by molar-refractivity contribution is -0.141. The molecule has 0 aliphatic carbocycles. The molecular formula is C14H14F4N2O3. The third-order valence-electron chi connectivity index (χ3n) is 3.63. The first kappa shape index (κ1) is 17.0. The van der Waals surface area contributed by atoms with E-state index in [9.17, 15) is 27.2 Å². The van der Waals surface area contributed by atoms with Crippen LogP contribution in [0.3, 0.4) is 0 Å². The van der Waals surface area contributed by atoms with Gasteiger partial charge in [-0.3, -0.25) is 4.79 Å². The van der Waals surface area contributed by atoms with Crippen LogP contribution in [0.2, 0.25) is 0 Å². The fourth-order valence-corrected chi connectivity index (χ4v) is 2.40. The first-order valence-corrected chi connectivity index (χ1v) is 6.79. The number of hydrogen-bond donors (Lipinski definition) is 2. The van der Waals surface area contributed by atoms with Crippen LogP contribution in [0.1, 0.15) is 17.5 Å². The highest BCUT2D eigenvalue weighted by Gasteiger charge is 2.34. The van der Waals surface area contributed by atoms with Crippen LogP contribution in [0.4, 0.5) is 22.4 Å². The van der Waals surface area contributed by atoms with Gasteiger partial charge in [-0.2, -0.15) is 13.2 Å². The first-order chi connectivity index (χ1) is 10.7.